The number of rotatable bonds is 3. The summed E-state index contributed by atoms with van der Waals surface area (Å²) in [7, 11) is 1.61. The van der Waals surface area contributed by atoms with Crippen LogP contribution in [0.15, 0.2) is 49.8 Å². The molecule has 0 N–H and O–H groups in total. The van der Waals surface area contributed by atoms with E-state index in [1.54, 1.807) is 7.11 Å². The van der Waals surface area contributed by atoms with Crippen molar-refractivity contribution < 1.29 is 4.74 Å². The molecule has 0 aromatic heterocycles. The van der Waals surface area contributed by atoms with E-state index in [1.807, 2.05) is 42.5 Å². The first-order valence-electron chi connectivity index (χ1n) is 5.96. The van der Waals surface area contributed by atoms with Crippen molar-refractivity contribution in [3.63, 3.8) is 0 Å². The minimum absolute atomic E-state index is 0.603. The van der Waals surface area contributed by atoms with Gasteiger partial charge in [0, 0.05) is 4.47 Å². The summed E-state index contributed by atoms with van der Waals surface area (Å²) >= 11 is 10.3. The van der Waals surface area contributed by atoms with Gasteiger partial charge in [0.15, 0.2) is 0 Å². The van der Waals surface area contributed by atoms with Crippen LogP contribution in [0.4, 0.5) is 0 Å². The zero-order chi connectivity index (χ0) is 15.4. The van der Waals surface area contributed by atoms with Crippen LogP contribution in [0.1, 0.15) is 11.1 Å². The lowest BCUT2D eigenvalue weighted by molar-refractivity contribution is 0.409. The maximum Gasteiger partial charge on any atom is 0.147 e. The van der Waals surface area contributed by atoms with Crippen LogP contribution in [0.25, 0.3) is 11.6 Å². The van der Waals surface area contributed by atoms with Gasteiger partial charge in [-0.1, -0.05) is 28.1 Å². The third-order valence-corrected chi connectivity index (χ3v) is 4.52. The summed E-state index contributed by atoms with van der Waals surface area (Å²) in [5.41, 5.74) is 2.39. The van der Waals surface area contributed by atoms with E-state index in [0.29, 0.717) is 5.57 Å². The minimum Gasteiger partial charge on any atom is -0.494 e. The minimum atomic E-state index is 0.603. The molecule has 0 amide bonds. The predicted octanol–water partition coefficient (Wildman–Crippen LogP) is 6.05. The Bertz CT molecular complexity index is 707. The van der Waals surface area contributed by atoms with Crippen molar-refractivity contribution in [1.29, 1.82) is 5.26 Å². The van der Waals surface area contributed by atoms with Gasteiger partial charge < -0.3 is 4.74 Å². The van der Waals surface area contributed by atoms with Crippen molar-refractivity contribution in [3.8, 4) is 11.8 Å². The number of hydrogen-bond donors (Lipinski definition) is 0. The molecule has 0 saturated heterocycles. The van der Waals surface area contributed by atoms with Crippen LogP contribution in [0.3, 0.4) is 0 Å². The van der Waals surface area contributed by atoms with Crippen LogP contribution in [-0.2, 0) is 0 Å². The number of allylic oxidation sites excluding steroid dienone is 1. The van der Waals surface area contributed by atoms with Crippen LogP contribution >= 0.6 is 47.8 Å². The van der Waals surface area contributed by atoms with Gasteiger partial charge in [-0.25, -0.2) is 0 Å². The van der Waals surface area contributed by atoms with Crippen molar-refractivity contribution in [1.82, 2.24) is 0 Å². The summed E-state index contributed by atoms with van der Waals surface area (Å²) in [4.78, 5) is 0. The van der Waals surface area contributed by atoms with Crippen molar-refractivity contribution in [3.05, 3.63) is 60.9 Å². The van der Waals surface area contributed by atoms with Gasteiger partial charge in [-0.05, 0) is 73.3 Å². The normalized spacial score (nSPS) is 11.1. The molecule has 0 radical (unpaired) electrons. The zero-order valence-corrected chi connectivity index (χ0v) is 15.8. The topological polar surface area (TPSA) is 33.0 Å². The van der Waals surface area contributed by atoms with Gasteiger partial charge in [-0.3, -0.25) is 0 Å². The van der Waals surface area contributed by atoms with E-state index in [0.717, 1.165) is 30.3 Å². The van der Waals surface area contributed by atoms with Crippen molar-refractivity contribution in [2.75, 3.05) is 7.11 Å². The molecule has 2 aromatic carbocycles. The first kappa shape index (κ1) is 16.3. The summed E-state index contributed by atoms with van der Waals surface area (Å²) in [6.45, 7) is 0. The highest BCUT2D eigenvalue weighted by molar-refractivity contribution is 9.11. The summed E-state index contributed by atoms with van der Waals surface area (Å²) in [5.74, 6) is 0.731. The van der Waals surface area contributed by atoms with Gasteiger partial charge in [0.1, 0.15) is 5.75 Å². The molecule has 5 heteroatoms. The highest BCUT2D eigenvalue weighted by Crippen LogP contribution is 2.35. The van der Waals surface area contributed by atoms with Crippen molar-refractivity contribution in [2.45, 2.75) is 0 Å². The Morgan fingerprint density at radius 1 is 1.10 bits per heavy atom. The maximum atomic E-state index is 9.37. The molecule has 0 saturated carbocycles. The number of methoxy groups -OCH3 is 1. The lowest BCUT2D eigenvalue weighted by atomic mass is 10.0. The Balaban J connectivity index is 2.46. The SMILES string of the molecule is COc1c(Br)cc(/C=C(\C#N)c2ccc(Br)cc2)cc1Br. The summed E-state index contributed by atoms with van der Waals surface area (Å²) < 4.78 is 7.92. The molecular formula is C16H10Br3NO. The van der Waals surface area contributed by atoms with Gasteiger partial charge in [0.25, 0.3) is 0 Å². The Morgan fingerprint density at radius 2 is 1.67 bits per heavy atom. The average Bonchev–Trinajstić information content (AvgIpc) is 2.45. The molecule has 0 aliphatic rings. The third kappa shape index (κ3) is 3.97. The Hall–Kier alpha value is -1.09. The fourth-order valence-electron chi connectivity index (χ4n) is 1.83. The molecule has 21 heavy (non-hydrogen) atoms. The van der Waals surface area contributed by atoms with Crippen LogP contribution in [0, 0.1) is 11.3 Å². The Kier molecular flexibility index (Phi) is 5.63. The number of nitrogens with zero attached hydrogens (tertiary/aromatic N) is 1. The molecule has 0 heterocycles. The van der Waals surface area contributed by atoms with E-state index in [1.165, 1.54) is 0 Å². The molecule has 0 aliphatic carbocycles. The van der Waals surface area contributed by atoms with E-state index >= 15 is 0 Å². The first-order chi connectivity index (χ1) is 10.0. The zero-order valence-electron chi connectivity index (χ0n) is 11.0. The quantitative estimate of drug-likeness (QED) is 0.403. The van der Waals surface area contributed by atoms with Crippen molar-refractivity contribution >= 4 is 59.4 Å². The second-order valence-corrected chi connectivity index (χ2v) is 6.82. The number of benzene rings is 2. The molecule has 2 rings (SSSR count). The van der Waals surface area contributed by atoms with Crippen LogP contribution in [0.2, 0.25) is 0 Å². The molecule has 2 nitrogen and oxygen atoms in total. The van der Waals surface area contributed by atoms with Gasteiger partial charge in [0.05, 0.1) is 27.7 Å². The molecule has 0 bridgehead atoms. The molecule has 106 valence electrons. The number of halogens is 3. The average molecular weight is 472 g/mol. The van der Waals surface area contributed by atoms with Crippen LogP contribution in [-0.4, -0.2) is 7.11 Å². The fraction of sp³-hybridized carbons (Fsp3) is 0.0625. The van der Waals surface area contributed by atoms with E-state index in [2.05, 4.69) is 53.9 Å². The second kappa shape index (κ2) is 7.26. The van der Waals surface area contributed by atoms with Crippen LogP contribution < -0.4 is 4.74 Å². The smallest absolute Gasteiger partial charge is 0.147 e. The monoisotopic (exact) mass is 469 g/mol. The van der Waals surface area contributed by atoms with Crippen molar-refractivity contribution in [2.24, 2.45) is 0 Å². The Morgan fingerprint density at radius 3 is 2.14 bits per heavy atom. The number of nitriles is 1. The van der Waals surface area contributed by atoms with E-state index < -0.39 is 0 Å². The highest BCUT2D eigenvalue weighted by atomic mass is 79.9. The van der Waals surface area contributed by atoms with Crippen LogP contribution in [0.5, 0.6) is 5.75 Å². The lowest BCUT2D eigenvalue weighted by Gasteiger charge is -2.07. The highest BCUT2D eigenvalue weighted by Gasteiger charge is 2.08. The van der Waals surface area contributed by atoms with Gasteiger partial charge in [-0.2, -0.15) is 5.26 Å². The molecule has 0 spiro atoms. The first-order valence-corrected chi connectivity index (χ1v) is 8.34. The van der Waals surface area contributed by atoms with E-state index in [4.69, 9.17) is 4.74 Å². The maximum absolute atomic E-state index is 9.37. The van der Waals surface area contributed by atoms with Gasteiger partial charge >= 0.3 is 0 Å². The van der Waals surface area contributed by atoms with Gasteiger partial charge in [-0.15, -0.1) is 0 Å². The molecule has 0 fully saturated rings. The van der Waals surface area contributed by atoms with Gasteiger partial charge in [0.2, 0.25) is 0 Å². The largest absolute Gasteiger partial charge is 0.494 e. The van der Waals surface area contributed by atoms with E-state index in [-0.39, 0.29) is 0 Å². The third-order valence-electron chi connectivity index (χ3n) is 2.81. The number of hydrogen-bond acceptors (Lipinski definition) is 2. The summed E-state index contributed by atoms with van der Waals surface area (Å²) in [5, 5.41) is 9.37. The Labute approximate surface area is 148 Å². The standard InChI is InChI=1S/C16H10Br3NO/c1-21-16-14(18)7-10(8-15(16)19)6-12(9-20)11-2-4-13(17)5-3-11/h2-8H,1H3/b12-6+. The predicted molar refractivity (Wildman–Crippen MR) is 96.0 cm³/mol. The molecule has 0 unspecified atom stereocenters. The number of ether oxygens (including phenoxy) is 1. The molecular weight excluding hydrogens is 462 g/mol. The lowest BCUT2D eigenvalue weighted by Crippen LogP contribution is -1.88. The fourth-order valence-corrected chi connectivity index (χ4v) is 3.64. The molecule has 0 atom stereocenters. The molecule has 0 aliphatic heterocycles. The summed E-state index contributed by atoms with van der Waals surface area (Å²) in [6, 6.07) is 13.7. The second-order valence-electron chi connectivity index (χ2n) is 4.19. The molecule has 2 aromatic rings. The summed E-state index contributed by atoms with van der Waals surface area (Å²) in [6.07, 6.45) is 1.85. The van der Waals surface area contributed by atoms with E-state index in [9.17, 15) is 5.26 Å².